The van der Waals surface area contributed by atoms with E-state index in [1.807, 2.05) is 12.1 Å². The van der Waals surface area contributed by atoms with Crippen LogP contribution in [0.5, 0.6) is 11.5 Å². The summed E-state index contributed by atoms with van der Waals surface area (Å²) in [5, 5.41) is 6.94. The van der Waals surface area contributed by atoms with Crippen molar-refractivity contribution in [2.24, 2.45) is 0 Å². The van der Waals surface area contributed by atoms with Crippen molar-refractivity contribution in [1.82, 2.24) is 9.78 Å². The molecular formula is C20H18F3N3O3S. The summed E-state index contributed by atoms with van der Waals surface area (Å²) in [6.45, 7) is 0.310. The summed E-state index contributed by atoms with van der Waals surface area (Å²) >= 11 is -0.231. The molecule has 0 spiro atoms. The predicted octanol–water partition coefficient (Wildman–Crippen LogP) is 4.81. The smallest absolute Gasteiger partial charge is 0.446 e. The number of alkyl halides is 3. The second-order valence-electron chi connectivity index (χ2n) is 6.05. The summed E-state index contributed by atoms with van der Waals surface area (Å²) in [5.41, 5.74) is -3.35. The highest BCUT2D eigenvalue weighted by Gasteiger charge is 2.29. The number of carbonyl (C=O) groups is 1. The van der Waals surface area contributed by atoms with Gasteiger partial charge < -0.3 is 14.8 Å². The molecular weight excluding hydrogens is 419 g/mol. The van der Waals surface area contributed by atoms with Crippen LogP contribution in [0.2, 0.25) is 0 Å². The molecule has 0 saturated heterocycles. The highest BCUT2D eigenvalue weighted by atomic mass is 32.2. The minimum Gasteiger partial charge on any atom is -0.493 e. The van der Waals surface area contributed by atoms with E-state index in [0.29, 0.717) is 23.9 Å². The first-order valence-corrected chi connectivity index (χ1v) is 9.51. The number of carbonyl (C=O) groups excluding carboxylic acids is 1. The maximum atomic E-state index is 12.5. The fourth-order valence-corrected chi connectivity index (χ4v) is 3.34. The van der Waals surface area contributed by atoms with Crippen molar-refractivity contribution in [1.29, 1.82) is 0 Å². The quantitative estimate of drug-likeness (QED) is 0.538. The van der Waals surface area contributed by atoms with Gasteiger partial charge in [0.05, 0.1) is 27.0 Å². The molecule has 0 aliphatic heterocycles. The van der Waals surface area contributed by atoms with Crippen LogP contribution < -0.4 is 14.8 Å². The molecule has 30 heavy (non-hydrogen) atoms. The lowest BCUT2D eigenvalue weighted by molar-refractivity contribution is -0.0328. The highest BCUT2D eigenvalue weighted by molar-refractivity contribution is 8.00. The second kappa shape index (κ2) is 9.12. The van der Waals surface area contributed by atoms with Crippen molar-refractivity contribution < 1.29 is 27.4 Å². The van der Waals surface area contributed by atoms with Gasteiger partial charge in [0.25, 0.3) is 5.91 Å². The van der Waals surface area contributed by atoms with E-state index in [1.54, 1.807) is 23.9 Å². The minimum atomic E-state index is -4.38. The number of amides is 1. The standard InChI is InChI=1S/C20H18F3N3O3S/c1-28-16-5-3-4-14(18(16)29-2)12-26-17(10-11-24-26)25-19(27)13-6-8-15(9-7-13)30-20(21,22)23/h3-11H,12H2,1-2H3,(H,25,27). The lowest BCUT2D eigenvalue weighted by Crippen LogP contribution is -2.16. The van der Waals surface area contributed by atoms with Crippen LogP contribution in [0.25, 0.3) is 0 Å². The zero-order valence-corrected chi connectivity index (χ0v) is 16.9. The molecule has 6 nitrogen and oxygen atoms in total. The van der Waals surface area contributed by atoms with Crippen molar-refractivity contribution in [3.63, 3.8) is 0 Å². The molecule has 0 saturated carbocycles. The van der Waals surface area contributed by atoms with Gasteiger partial charge in [-0.3, -0.25) is 4.79 Å². The van der Waals surface area contributed by atoms with E-state index in [9.17, 15) is 18.0 Å². The number of hydrogen-bond donors (Lipinski definition) is 1. The average molecular weight is 437 g/mol. The molecule has 1 N–H and O–H groups in total. The molecule has 1 amide bonds. The first kappa shape index (κ1) is 21.6. The van der Waals surface area contributed by atoms with Crippen LogP contribution >= 0.6 is 11.8 Å². The van der Waals surface area contributed by atoms with Gasteiger partial charge in [0.15, 0.2) is 11.5 Å². The van der Waals surface area contributed by atoms with Crippen LogP contribution in [0.1, 0.15) is 15.9 Å². The maximum Gasteiger partial charge on any atom is 0.446 e. The SMILES string of the molecule is COc1cccc(Cn2nccc2NC(=O)c2ccc(SC(F)(F)F)cc2)c1OC. The number of benzene rings is 2. The molecule has 0 fully saturated rings. The summed E-state index contributed by atoms with van der Waals surface area (Å²) in [6.07, 6.45) is 1.53. The number of rotatable bonds is 7. The monoisotopic (exact) mass is 437 g/mol. The van der Waals surface area contributed by atoms with Crippen LogP contribution in [-0.2, 0) is 6.54 Å². The van der Waals surface area contributed by atoms with Gasteiger partial charge in [0.2, 0.25) is 0 Å². The Morgan fingerprint density at radius 2 is 1.83 bits per heavy atom. The fraction of sp³-hybridized carbons (Fsp3) is 0.200. The van der Waals surface area contributed by atoms with Crippen LogP contribution in [0.4, 0.5) is 19.0 Å². The van der Waals surface area contributed by atoms with Crippen LogP contribution in [0.3, 0.4) is 0 Å². The molecule has 3 rings (SSSR count). The Morgan fingerprint density at radius 1 is 1.10 bits per heavy atom. The van der Waals surface area contributed by atoms with Gasteiger partial charge >= 0.3 is 5.51 Å². The van der Waals surface area contributed by atoms with Gasteiger partial charge in [-0.2, -0.15) is 18.3 Å². The maximum absolute atomic E-state index is 12.5. The molecule has 0 bridgehead atoms. The molecule has 3 aromatic rings. The zero-order chi connectivity index (χ0) is 21.7. The Kier molecular flexibility index (Phi) is 6.56. The Morgan fingerprint density at radius 3 is 2.47 bits per heavy atom. The normalized spacial score (nSPS) is 11.2. The van der Waals surface area contributed by atoms with Gasteiger partial charge in [-0.05, 0) is 42.1 Å². The van der Waals surface area contributed by atoms with Gasteiger partial charge in [0, 0.05) is 22.1 Å². The van der Waals surface area contributed by atoms with Crippen LogP contribution in [-0.4, -0.2) is 35.4 Å². The number of nitrogens with zero attached hydrogens (tertiary/aromatic N) is 2. The largest absolute Gasteiger partial charge is 0.493 e. The van der Waals surface area contributed by atoms with Gasteiger partial charge in [-0.15, -0.1) is 0 Å². The summed E-state index contributed by atoms with van der Waals surface area (Å²) in [7, 11) is 3.08. The van der Waals surface area contributed by atoms with E-state index in [1.165, 1.54) is 37.6 Å². The number of ether oxygens (including phenoxy) is 2. The molecule has 1 aromatic heterocycles. The number of hydrogen-bond acceptors (Lipinski definition) is 5. The molecule has 1 heterocycles. The third-order valence-corrected chi connectivity index (χ3v) is 4.85. The Hall–Kier alpha value is -3.14. The highest BCUT2D eigenvalue weighted by Crippen LogP contribution is 2.36. The number of halogens is 3. The molecule has 0 unspecified atom stereocenters. The Bertz CT molecular complexity index is 1020. The summed E-state index contributed by atoms with van der Waals surface area (Å²) in [5.74, 6) is 1.10. The molecule has 158 valence electrons. The van der Waals surface area contributed by atoms with Crippen molar-refractivity contribution in [3.8, 4) is 11.5 Å². The lowest BCUT2D eigenvalue weighted by atomic mass is 10.2. The molecule has 10 heteroatoms. The van der Waals surface area contributed by atoms with Crippen molar-refractivity contribution in [3.05, 3.63) is 65.9 Å². The van der Waals surface area contributed by atoms with Gasteiger partial charge in [-0.25, -0.2) is 4.68 Å². The zero-order valence-electron chi connectivity index (χ0n) is 16.1. The second-order valence-corrected chi connectivity index (χ2v) is 7.19. The molecule has 2 aromatic carbocycles. The van der Waals surface area contributed by atoms with Gasteiger partial charge in [-0.1, -0.05) is 12.1 Å². The van der Waals surface area contributed by atoms with E-state index in [0.717, 1.165) is 5.56 Å². The van der Waals surface area contributed by atoms with E-state index in [-0.39, 0.29) is 22.2 Å². The molecule has 0 atom stereocenters. The fourth-order valence-electron chi connectivity index (χ4n) is 2.80. The van der Waals surface area contributed by atoms with Crippen LogP contribution in [0, 0.1) is 0 Å². The average Bonchev–Trinajstić information content (AvgIpc) is 3.13. The van der Waals surface area contributed by atoms with Crippen molar-refractivity contribution in [2.45, 2.75) is 16.9 Å². The third-order valence-electron chi connectivity index (χ3n) is 4.11. The Labute approximate surface area is 175 Å². The van der Waals surface area contributed by atoms with E-state index in [4.69, 9.17) is 9.47 Å². The molecule has 0 radical (unpaired) electrons. The third kappa shape index (κ3) is 5.26. The molecule has 0 aliphatic rings. The molecule has 0 aliphatic carbocycles. The Balaban J connectivity index is 1.74. The number of thioether (sulfide) groups is 1. The number of nitrogens with one attached hydrogen (secondary N) is 1. The number of anilines is 1. The van der Waals surface area contributed by atoms with Crippen molar-refractivity contribution in [2.75, 3.05) is 19.5 Å². The first-order chi connectivity index (χ1) is 14.3. The predicted molar refractivity (Wildman–Crippen MR) is 107 cm³/mol. The van der Waals surface area contributed by atoms with Crippen LogP contribution in [0.15, 0.2) is 59.6 Å². The number of para-hydroxylation sites is 1. The minimum absolute atomic E-state index is 0.00853. The van der Waals surface area contributed by atoms with Crippen molar-refractivity contribution >= 4 is 23.5 Å². The van der Waals surface area contributed by atoms with E-state index in [2.05, 4.69) is 10.4 Å². The summed E-state index contributed by atoms with van der Waals surface area (Å²) in [4.78, 5) is 12.5. The van der Waals surface area contributed by atoms with Gasteiger partial charge in [0.1, 0.15) is 5.82 Å². The summed E-state index contributed by atoms with van der Waals surface area (Å²) in [6, 6.07) is 12.3. The topological polar surface area (TPSA) is 65.4 Å². The number of aromatic nitrogens is 2. The first-order valence-electron chi connectivity index (χ1n) is 8.69. The van der Waals surface area contributed by atoms with E-state index < -0.39 is 11.4 Å². The summed E-state index contributed by atoms with van der Waals surface area (Å²) < 4.78 is 49.6. The lowest BCUT2D eigenvalue weighted by Gasteiger charge is -2.14. The van der Waals surface area contributed by atoms with E-state index >= 15 is 0 Å². The number of methoxy groups -OCH3 is 2.